The molecule has 0 atom stereocenters. The lowest BCUT2D eigenvalue weighted by Crippen LogP contribution is -2.43. The molecule has 30 heavy (non-hydrogen) atoms. The zero-order chi connectivity index (χ0) is 21.7. The topological polar surface area (TPSA) is 148 Å². The van der Waals surface area contributed by atoms with Crippen LogP contribution in [0.15, 0.2) is 53.4 Å². The number of nitro groups is 1. The van der Waals surface area contributed by atoms with Crippen molar-refractivity contribution in [1.82, 2.24) is 15.2 Å². The van der Waals surface area contributed by atoms with Crippen molar-refractivity contribution in [2.45, 2.75) is 4.90 Å². The number of nitrogens with zero attached hydrogens (tertiary/aromatic N) is 2. The third-order valence-electron chi connectivity index (χ3n) is 4.33. The maximum absolute atomic E-state index is 12.9. The second-order valence-electron chi connectivity index (χ2n) is 6.23. The lowest BCUT2D eigenvalue weighted by Gasteiger charge is -2.26. The molecular formula is C18H18N4O7S. The van der Waals surface area contributed by atoms with Gasteiger partial charge in [-0.15, -0.1) is 0 Å². The number of carbonyl (C=O) groups excluding carboxylic acids is 2. The van der Waals surface area contributed by atoms with Gasteiger partial charge >= 0.3 is 0 Å². The van der Waals surface area contributed by atoms with Gasteiger partial charge in [0, 0.05) is 30.8 Å². The van der Waals surface area contributed by atoms with Gasteiger partial charge in [-0.25, -0.2) is 8.42 Å². The molecule has 2 aromatic carbocycles. The number of nitro benzene ring substituents is 1. The number of nitrogens with one attached hydrogen (secondary N) is 2. The number of benzene rings is 2. The van der Waals surface area contributed by atoms with Crippen LogP contribution < -0.4 is 10.9 Å². The molecule has 1 aliphatic heterocycles. The van der Waals surface area contributed by atoms with E-state index in [1.54, 1.807) is 0 Å². The first-order valence-electron chi connectivity index (χ1n) is 8.83. The first-order chi connectivity index (χ1) is 14.3. The van der Waals surface area contributed by atoms with Gasteiger partial charge in [-0.1, -0.05) is 18.2 Å². The number of sulfonamides is 1. The molecule has 0 aliphatic carbocycles. The summed E-state index contributed by atoms with van der Waals surface area (Å²) < 4.78 is 32.2. The fourth-order valence-electron chi connectivity index (χ4n) is 2.82. The van der Waals surface area contributed by atoms with Crippen LogP contribution in [0, 0.1) is 10.1 Å². The van der Waals surface area contributed by atoms with Crippen molar-refractivity contribution < 1.29 is 27.7 Å². The molecule has 11 nitrogen and oxygen atoms in total. The molecule has 1 fully saturated rings. The highest BCUT2D eigenvalue weighted by atomic mass is 32.2. The van der Waals surface area contributed by atoms with E-state index < -0.39 is 26.8 Å². The van der Waals surface area contributed by atoms with Gasteiger partial charge in [-0.05, 0) is 18.2 Å². The molecule has 0 bridgehead atoms. The van der Waals surface area contributed by atoms with Crippen LogP contribution in [0.3, 0.4) is 0 Å². The van der Waals surface area contributed by atoms with E-state index in [0.717, 1.165) is 6.07 Å². The van der Waals surface area contributed by atoms with Gasteiger partial charge in [0.05, 0.1) is 28.6 Å². The highest BCUT2D eigenvalue weighted by Gasteiger charge is 2.30. The van der Waals surface area contributed by atoms with Crippen molar-refractivity contribution >= 4 is 27.5 Å². The Balaban J connectivity index is 1.76. The van der Waals surface area contributed by atoms with Gasteiger partial charge in [0.25, 0.3) is 17.5 Å². The van der Waals surface area contributed by atoms with E-state index in [-0.39, 0.29) is 48.0 Å². The van der Waals surface area contributed by atoms with Crippen LogP contribution in [0.25, 0.3) is 0 Å². The van der Waals surface area contributed by atoms with E-state index in [0.29, 0.717) is 0 Å². The van der Waals surface area contributed by atoms with Crippen molar-refractivity contribution in [1.29, 1.82) is 0 Å². The van der Waals surface area contributed by atoms with Crippen LogP contribution in [0.5, 0.6) is 0 Å². The van der Waals surface area contributed by atoms with E-state index >= 15 is 0 Å². The number of non-ortho nitro benzene ring substituents is 1. The summed E-state index contributed by atoms with van der Waals surface area (Å²) in [6.45, 7) is 0.851. The van der Waals surface area contributed by atoms with Crippen LogP contribution in [-0.4, -0.2) is 55.8 Å². The Labute approximate surface area is 171 Å². The summed E-state index contributed by atoms with van der Waals surface area (Å²) in [7, 11) is -3.94. The summed E-state index contributed by atoms with van der Waals surface area (Å²) in [5.41, 5.74) is 3.80. The number of amides is 2. The Bertz CT molecular complexity index is 1080. The molecule has 1 heterocycles. The minimum atomic E-state index is -3.94. The van der Waals surface area contributed by atoms with Gasteiger partial charge in [-0.2, -0.15) is 4.31 Å². The predicted octanol–water partition coefficient (Wildman–Crippen LogP) is 0.691. The first kappa shape index (κ1) is 21.4. The monoisotopic (exact) mass is 434 g/mol. The van der Waals surface area contributed by atoms with Crippen molar-refractivity contribution in [3.63, 3.8) is 0 Å². The molecule has 0 saturated carbocycles. The molecule has 2 N–H and O–H groups in total. The van der Waals surface area contributed by atoms with Crippen molar-refractivity contribution in [3.8, 4) is 0 Å². The number of hydrogen-bond donors (Lipinski definition) is 2. The van der Waals surface area contributed by atoms with E-state index in [4.69, 9.17) is 4.74 Å². The van der Waals surface area contributed by atoms with Crippen LogP contribution in [-0.2, 0) is 14.8 Å². The van der Waals surface area contributed by atoms with Gasteiger partial charge in [0.2, 0.25) is 10.0 Å². The Morgan fingerprint density at radius 1 is 1.00 bits per heavy atom. The third-order valence-corrected chi connectivity index (χ3v) is 6.29. The highest BCUT2D eigenvalue weighted by molar-refractivity contribution is 7.89. The zero-order valence-electron chi connectivity index (χ0n) is 15.6. The normalized spacial score (nSPS) is 14.7. The minimum absolute atomic E-state index is 0.0428. The molecular weight excluding hydrogens is 416 g/mol. The number of carbonyl (C=O) groups is 2. The fraction of sp³-hybridized carbons (Fsp3) is 0.222. The molecule has 3 rings (SSSR count). The van der Waals surface area contributed by atoms with E-state index in [9.17, 15) is 28.1 Å². The highest BCUT2D eigenvalue weighted by Crippen LogP contribution is 2.21. The third kappa shape index (κ3) is 4.62. The first-order valence-corrected chi connectivity index (χ1v) is 10.3. The number of morpholine rings is 1. The molecule has 12 heteroatoms. The van der Waals surface area contributed by atoms with Crippen molar-refractivity contribution in [2.24, 2.45) is 0 Å². The lowest BCUT2D eigenvalue weighted by atomic mass is 10.2. The van der Waals surface area contributed by atoms with Crippen LogP contribution in [0.4, 0.5) is 5.69 Å². The molecule has 1 aliphatic rings. The van der Waals surface area contributed by atoms with Gasteiger partial charge in [0.1, 0.15) is 0 Å². The van der Waals surface area contributed by atoms with E-state index in [2.05, 4.69) is 10.9 Å². The van der Waals surface area contributed by atoms with Gasteiger partial charge < -0.3 is 4.74 Å². The van der Waals surface area contributed by atoms with Gasteiger partial charge in [0.15, 0.2) is 0 Å². The van der Waals surface area contributed by atoms with Crippen LogP contribution >= 0.6 is 0 Å². The summed E-state index contributed by atoms with van der Waals surface area (Å²) in [5, 5.41) is 10.8. The molecule has 0 spiro atoms. The molecule has 0 radical (unpaired) electrons. The Hall–Kier alpha value is -3.35. The summed E-state index contributed by atoms with van der Waals surface area (Å²) in [6, 6.07) is 10.6. The summed E-state index contributed by atoms with van der Waals surface area (Å²) >= 11 is 0. The number of rotatable bonds is 5. The summed E-state index contributed by atoms with van der Waals surface area (Å²) in [4.78, 5) is 34.7. The number of hydrazine groups is 1. The van der Waals surface area contributed by atoms with E-state index in [1.807, 2.05) is 0 Å². The Morgan fingerprint density at radius 2 is 1.67 bits per heavy atom. The maximum Gasteiger partial charge on any atom is 0.271 e. The zero-order valence-corrected chi connectivity index (χ0v) is 16.4. The van der Waals surface area contributed by atoms with Crippen molar-refractivity contribution in [3.05, 3.63) is 69.8 Å². The lowest BCUT2D eigenvalue weighted by molar-refractivity contribution is -0.384. The Kier molecular flexibility index (Phi) is 6.40. The quantitative estimate of drug-likeness (QED) is 0.519. The SMILES string of the molecule is O=C(NNC(=O)c1ccccc1S(=O)(=O)N1CCOCC1)c1cccc([N+](=O)[O-])c1. The average Bonchev–Trinajstić information content (AvgIpc) is 2.77. The maximum atomic E-state index is 12.9. The largest absolute Gasteiger partial charge is 0.379 e. The molecule has 158 valence electrons. The van der Waals surface area contributed by atoms with Crippen LogP contribution in [0.2, 0.25) is 0 Å². The average molecular weight is 434 g/mol. The summed E-state index contributed by atoms with van der Waals surface area (Å²) in [5.74, 6) is -1.64. The predicted molar refractivity (Wildman–Crippen MR) is 104 cm³/mol. The van der Waals surface area contributed by atoms with Crippen LogP contribution in [0.1, 0.15) is 20.7 Å². The fourth-order valence-corrected chi connectivity index (χ4v) is 4.42. The second kappa shape index (κ2) is 8.98. The molecule has 0 unspecified atom stereocenters. The smallest absolute Gasteiger partial charge is 0.271 e. The second-order valence-corrected chi connectivity index (χ2v) is 8.13. The minimum Gasteiger partial charge on any atom is -0.379 e. The molecule has 1 saturated heterocycles. The number of hydrogen-bond acceptors (Lipinski definition) is 7. The Morgan fingerprint density at radius 3 is 2.37 bits per heavy atom. The molecule has 0 aromatic heterocycles. The molecule has 2 amide bonds. The van der Waals surface area contributed by atoms with E-state index in [1.165, 1.54) is 46.8 Å². The van der Waals surface area contributed by atoms with Crippen molar-refractivity contribution in [2.75, 3.05) is 26.3 Å². The number of ether oxygens (including phenoxy) is 1. The molecule has 2 aromatic rings. The van der Waals surface area contributed by atoms with Gasteiger partial charge in [-0.3, -0.25) is 30.6 Å². The standard InChI is InChI=1S/C18H18N4O7S/c23-17(13-4-3-5-14(12-13)22(25)26)19-20-18(24)15-6-1-2-7-16(15)30(27,28)21-8-10-29-11-9-21/h1-7,12H,8-11H2,(H,19,23)(H,20,24). The summed E-state index contributed by atoms with van der Waals surface area (Å²) in [6.07, 6.45) is 0.